The van der Waals surface area contributed by atoms with Crippen molar-refractivity contribution in [1.29, 1.82) is 0 Å². The molecule has 0 fully saturated rings. The maximum absolute atomic E-state index is 2.52. The van der Waals surface area contributed by atoms with Crippen molar-refractivity contribution < 1.29 is 0 Å². The van der Waals surface area contributed by atoms with Crippen molar-refractivity contribution in [2.75, 3.05) is 9.80 Å². The third kappa shape index (κ3) is 9.11. The molecule has 0 spiro atoms. The van der Waals surface area contributed by atoms with Gasteiger partial charge in [0, 0.05) is 33.5 Å². The molecule has 2 heteroatoms. The Morgan fingerprint density at radius 1 is 0.218 bits per heavy atom. The predicted molar refractivity (Wildman–Crippen MR) is 337 cm³/mol. The standard InChI is InChI=1S/C76H66N2/c1-47-19-27-57(28-20-47)65-37-35-61(43-71(65)59-31-23-49(3)24-32-59)77(63-39-51(5)55(9)52(6)40-63)75-45-73-68-16-12-14-18-70(68)76(46-74(73)67-15-11-13-17-69(67)75)78(64-41-53(7)56(10)54(8)42-64)62-36-38-66(58-29-21-48(2)22-30-58)72(44-62)60-33-25-50(4)26-34-60/h11-46H,1-10H3. The molecule has 0 bridgehead atoms. The van der Waals surface area contributed by atoms with Gasteiger partial charge < -0.3 is 9.80 Å². The van der Waals surface area contributed by atoms with Crippen molar-refractivity contribution in [3.05, 3.63) is 274 Å². The molecule has 0 aliphatic carbocycles. The highest BCUT2D eigenvalue weighted by molar-refractivity contribution is 6.24. The Bertz CT molecular complexity index is 3950. The highest BCUT2D eigenvalue weighted by Crippen LogP contribution is 2.50. The molecule has 0 amide bonds. The van der Waals surface area contributed by atoms with E-state index in [4.69, 9.17) is 0 Å². The van der Waals surface area contributed by atoms with Gasteiger partial charge in [-0.1, -0.05) is 180 Å². The van der Waals surface area contributed by atoms with Crippen molar-refractivity contribution in [3.8, 4) is 44.5 Å². The first-order valence-electron chi connectivity index (χ1n) is 27.5. The molecule has 0 aromatic heterocycles. The number of anilines is 6. The van der Waals surface area contributed by atoms with E-state index in [1.54, 1.807) is 0 Å². The maximum atomic E-state index is 2.52. The van der Waals surface area contributed by atoms with Crippen LogP contribution in [0, 0.1) is 69.2 Å². The number of hydrogen-bond donors (Lipinski definition) is 0. The van der Waals surface area contributed by atoms with Crippen LogP contribution in [0.5, 0.6) is 0 Å². The van der Waals surface area contributed by atoms with Gasteiger partial charge in [0.25, 0.3) is 0 Å². The Labute approximate surface area is 461 Å². The number of hydrogen-bond acceptors (Lipinski definition) is 2. The third-order valence-corrected chi connectivity index (χ3v) is 16.6. The lowest BCUT2D eigenvalue weighted by molar-refractivity contribution is 1.22. The molecule has 0 heterocycles. The molecule has 0 aliphatic heterocycles. The molecular formula is C76H66N2. The van der Waals surface area contributed by atoms with Gasteiger partial charge in [0.15, 0.2) is 0 Å². The fraction of sp³-hybridized carbons (Fsp3) is 0.132. The first-order chi connectivity index (χ1) is 37.8. The molecule has 0 saturated heterocycles. The number of aryl methyl sites for hydroxylation is 8. The summed E-state index contributed by atoms with van der Waals surface area (Å²) in [6, 6.07) is 82.7. The maximum Gasteiger partial charge on any atom is 0.0546 e. The lowest BCUT2D eigenvalue weighted by Crippen LogP contribution is -2.13. The normalized spacial score (nSPS) is 11.5. The van der Waals surface area contributed by atoms with Crippen LogP contribution in [0.25, 0.3) is 76.8 Å². The van der Waals surface area contributed by atoms with E-state index in [1.807, 2.05) is 0 Å². The molecule has 0 radical (unpaired) electrons. The van der Waals surface area contributed by atoms with Gasteiger partial charge in [0.1, 0.15) is 0 Å². The van der Waals surface area contributed by atoms with Crippen LogP contribution >= 0.6 is 0 Å². The van der Waals surface area contributed by atoms with E-state index in [0.29, 0.717) is 0 Å². The zero-order valence-corrected chi connectivity index (χ0v) is 46.7. The minimum Gasteiger partial charge on any atom is -0.310 e. The van der Waals surface area contributed by atoms with Crippen LogP contribution in [0.4, 0.5) is 34.1 Å². The van der Waals surface area contributed by atoms with Gasteiger partial charge >= 0.3 is 0 Å². The number of benzene rings is 12. The SMILES string of the molecule is Cc1ccc(-c2ccc(N(c3cc(C)c(C)c(C)c3)c3cc4c5ccccc5c(N(c5cc(C)c(C)c(C)c5)c5ccc(-c6ccc(C)cc6)c(-c6ccc(C)cc6)c5)cc4c4ccccc34)cc2-c2ccc(C)cc2)cc1. The molecule has 2 nitrogen and oxygen atoms in total. The lowest BCUT2D eigenvalue weighted by Gasteiger charge is -2.31. The predicted octanol–water partition coefficient (Wildman–Crippen LogP) is 21.8. The Morgan fingerprint density at radius 2 is 0.500 bits per heavy atom. The number of fused-ring (bicyclic) bond motifs is 5. The lowest BCUT2D eigenvalue weighted by atomic mass is 9.91. The van der Waals surface area contributed by atoms with Crippen molar-refractivity contribution in [2.24, 2.45) is 0 Å². The molecule has 0 aliphatic rings. The summed E-state index contributed by atoms with van der Waals surface area (Å²) in [6.45, 7) is 22.1. The summed E-state index contributed by atoms with van der Waals surface area (Å²) in [5.41, 5.74) is 29.0. The Balaban J connectivity index is 1.14. The van der Waals surface area contributed by atoms with E-state index in [0.717, 1.165) is 34.1 Å². The Hall–Kier alpha value is -8.98. The summed E-state index contributed by atoms with van der Waals surface area (Å²) in [5.74, 6) is 0. The molecule has 12 rings (SSSR count). The van der Waals surface area contributed by atoms with Crippen LogP contribution in [0.3, 0.4) is 0 Å². The smallest absolute Gasteiger partial charge is 0.0546 e. The second-order valence-corrected chi connectivity index (χ2v) is 22.0. The van der Waals surface area contributed by atoms with Gasteiger partial charge in [0.2, 0.25) is 0 Å². The molecule has 0 unspecified atom stereocenters. The summed E-state index contributed by atoms with van der Waals surface area (Å²) in [5, 5.41) is 7.16. The minimum atomic E-state index is 1.10. The van der Waals surface area contributed by atoms with Crippen LogP contribution in [-0.2, 0) is 0 Å². The van der Waals surface area contributed by atoms with Crippen molar-refractivity contribution in [3.63, 3.8) is 0 Å². The van der Waals surface area contributed by atoms with Gasteiger partial charge in [-0.2, -0.15) is 0 Å². The largest absolute Gasteiger partial charge is 0.310 e. The zero-order valence-electron chi connectivity index (χ0n) is 46.7. The summed E-state index contributed by atoms with van der Waals surface area (Å²) in [7, 11) is 0. The zero-order chi connectivity index (χ0) is 53.9. The van der Waals surface area contributed by atoms with Gasteiger partial charge in [-0.3, -0.25) is 0 Å². The minimum absolute atomic E-state index is 1.10. The molecule has 78 heavy (non-hydrogen) atoms. The first kappa shape index (κ1) is 49.9. The van der Waals surface area contributed by atoms with Crippen LogP contribution in [-0.4, -0.2) is 0 Å². The average Bonchev–Trinajstić information content (AvgIpc) is 3.46. The fourth-order valence-corrected chi connectivity index (χ4v) is 11.7. The van der Waals surface area contributed by atoms with E-state index in [2.05, 4.69) is 297 Å². The molecule has 12 aromatic rings. The van der Waals surface area contributed by atoms with Gasteiger partial charge in [-0.15, -0.1) is 0 Å². The van der Waals surface area contributed by atoms with Gasteiger partial charge in [-0.05, 0) is 229 Å². The van der Waals surface area contributed by atoms with Gasteiger partial charge in [-0.25, -0.2) is 0 Å². The summed E-state index contributed by atoms with van der Waals surface area (Å²) >= 11 is 0. The van der Waals surface area contributed by atoms with Crippen LogP contribution in [0.2, 0.25) is 0 Å². The quantitative estimate of drug-likeness (QED) is 0.126. The van der Waals surface area contributed by atoms with Crippen molar-refractivity contribution in [2.45, 2.75) is 69.2 Å². The molecule has 0 atom stereocenters. The van der Waals surface area contributed by atoms with Crippen molar-refractivity contribution in [1.82, 2.24) is 0 Å². The first-order valence-corrected chi connectivity index (χ1v) is 27.5. The number of nitrogens with zero attached hydrogens (tertiary/aromatic N) is 2. The molecule has 0 N–H and O–H groups in total. The molecule has 0 saturated carbocycles. The van der Waals surface area contributed by atoms with Crippen LogP contribution < -0.4 is 9.80 Å². The topological polar surface area (TPSA) is 6.48 Å². The average molecular weight is 1010 g/mol. The highest BCUT2D eigenvalue weighted by Gasteiger charge is 2.25. The summed E-state index contributed by atoms with van der Waals surface area (Å²) in [4.78, 5) is 5.04. The molecule has 380 valence electrons. The molecule has 12 aromatic carbocycles. The fourth-order valence-electron chi connectivity index (χ4n) is 11.7. The van der Waals surface area contributed by atoms with Gasteiger partial charge in [0.05, 0.1) is 11.4 Å². The van der Waals surface area contributed by atoms with E-state index >= 15 is 0 Å². The van der Waals surface area contributed by atoms with E-state index < -0.39 is 0 Å². The second-order valence-electron chi connectivity index (χ2n) is 22.0. The van der Waals surface area contributed by atoms with E-state index in [9.17, 15) is 0 Å². The molecular weight excluding hydrogens is 941 g/mol. The van der Waals surface area contributed by atoms with E-state index in [-0.39, 0.29) is 0 Å². The summed E-state index contributed by atoms with van der Waals surface area (Å²) < 4.78 is 0. The monoisotopic (exact) mass is 1010 g/mol. The summed E-state index contributed by atoms with van der Waals surface area (Å²) in [6.07, 6.45) is 0. The second kappa shape index (κ2) is 20.2. The number of rotatable bonds is 10. The highest BCUT2D eigenvalue weighted by atomic mass is 15.2. The van der Waals surface area contributed by atoms with Crippen molar-refractivity contribution >= 4 is 66.4 Å². The van der Waals surface area contributed by atoms with Crippen LogP contribution in [0.1, 0.15) is 55.6 Å². The Morgan fingerprint density at radius 3 is 0.808 bits per heavy atom. The third-order valence-electron chi connectivity index (χ3n) is 16.6. The van der Waals surface area contributed by atoms with E-state index in [1.165, 1.54) is 132 Å². The Kier molecular flexibility index (Phi) is 12.9. The van der Waals surface area contributed by atoms with Crippen LogP contribution in [0.15, 0.2) is 218 Å².